The topological polar surface area (TPSA) is 43.3 Å². The normalized spacial score (nSPS) is 20.6. The number of rotatable bonds is 4. The lowest BCUT2D eigenvalue weighted by Gasteiger charge is -2.21. The maximum absolute atomic E-state index is 11.7. The van der Waals surface area contributed by atoms with Crippen molar-refractivity contribution in [3.63, 3.8) is 0 Å². The molecule has 1 N–H and O–H groups in total. The zero-order chi connectivity index (χ0) is 11.2. The average molecular weight is 222 g/mol. The van der Waals surface area contributed by atoms with Crippen LogP contribution < -0.4 is 5.32 Å². The fraction of sp³-hybridized carbons (Fsp3) is 0.583. The van der Waals surface area contributed by atoms with Crippen molar-refractivity contribution in [2.24, 2.45) is 5.92 Å². The Balaban J connectivity index is 1.67. The van der Waals surface area contributed by atoms with E-state index in [4.69, 9.17) is 4.74 Å². The Hall–Kier alpha value is -1.29. The number of hydrogen-bond acceptors (Lipinski definition) is 2. The van der Waals surface area contributed by atoms with E-state index in [2.05, 4.69) is 9.88 Å². The van der Waals surface area contributed by atoms with Crippen molar-refractivity contribution in [3.05, 3.63) is 24.5 Å². The molecule has 0 bridgehead atoms. The van der Waals surface area contributed by atoms with Crippen molar-refractivity contribution in [1.29, 1.82) is 0 Å². The summed E-state index contributed by atoms with van der Waals surface area (Å²) in [5.74, 6) is 0.185. The number of aromatic nitrogens is 1. The molecule has 2 rings (SSSR count). The number of hydrogen-bond donors (Lipinski definition) is 1. The van der Waals surface area contributed by atoms with Gasteiger partial charge in [0.25, 0.3) is 0 Å². The molecule has 0 saturated carbocycles. The van der Waals surface area contributed by atoms with Crippen molar-refractivity contribution < 1.29 is 9.53 Å². The summed E-state index contributed by atoms with van der Waals surface area (Å²) >= 11 is 0. The van der Waals surface area contributed by atoms with Gasteiger partial charge in [0.15, 0.2) is 0 Å². The van der Waals surface area contributed by atoms with Crippen molar-refractivity contribution >= 4 is 5.91 Å². The van der Waals surface area contributed by atoms with E-state index in [9.17, 15) is 4.79 Å². The van der Waals surface area contributed by atoms with Crippen molar-refractivity contribution in [2.75, 3.05) is 19.8 Å². The zero-order valence-electron chi connectivity index (χ0n) is 9.39. The Morgan fingerprint density at radius 2 is 2.25 bits per heavy atom. The van der Waals surface area contributed by atoms with Crippen LogP contribution in [0.3, 0.4) is 0 Å². The molecule has 1 atom stereocenters. The fourth-order valence-electron chi connectivity index (χ4n) is 1.92. The number of carbonyl (C=O) groups excluding carboxylic acids is 1. The number of ether oxygens (including phenoxy) is 1. The molecule has 4 heteroatoms. The first-order valence-electron chi connectivity index (χ1n) is 5.82. The molecular formula is C12H18N2O2. The molecule has 4 nitrogen and oxygen atoms in total. The van der Waals surface area contributed by atoms with Crippen molar-refractivity contribution in [1.82, 2.24) is 9.88 Å². The van der Waals surface area contributed by atoms with Crippen molar-refractivity contribution in [2.45, 2.75) is 19.4 Å². The standard InChI is InChI=1S/C12H18N2O2/c15-12(11-4-3-9-16-10-11)13-5-8-14-6-1-2-7-14/h1-2,6-7,11H,3-5,8-10H2,(H,13,15)/t11-/m1/s1. The van der Waals surface area contributed by atoms with E-state index in [-0.39, 0.29) is 11.8 Å². The van der Waals surface area contributed by atoms with Crippen LogP contribution in [0.15, 0.2) is 24.5 Å². The Kier molecular flexibility index (Phi) is 3.99. The Morgan fingerprint density at radius 3 is 2.94 bits per heavy atom. The number of carbonyl (C=O) groups is 1. The third kappa shape index (κ3) is 3.10. The summed E-state index contributed by atoms with van der Waals surface area (Å²) in [5.41, 5.74) is 0. The molecule has 0 unspecified atom stereocenters. The minimum atomic E-state index is 0.0541. The first-order chi connectivity index (χ1) is 7.86. The Labute approximate surface area is 95.6 Å². The summed E-state index contributed by atoms with van der Waals surface area (Å²) in [6.45, 7) is 2.89. The number of nitrogens with zero attached hydrogens (tertiary/aromatic N) is 1. The monoisotopic (exact) mass is 222 g/mol. The molecule has 1 saturated heterocycles. The van der Waals surface area contributed by atoms with E-state index < -0.39 is 0 Å². The molecule has 1 amide bonds. The van der Waals surface area contributed by atoms with Gasteiger partial charge in [0.2, 0.25) is 5.91 Å². The molecule has 16 heavy (non-hydrogen) atoms. The summed E-state index contributed by atoms with van der Waals surface area (Å²) in [5, 5.41) is 2.95. The molecule has 88 valence electrons. The van der Waals surface area contributed by atoms with E-state index >= 15 is 0 Å². The fourth-order valence-corrected chi connectivity index (χ4v) is 1.92. The predicted octanol–water partition coefficient (Wildman–Crippen LogP) is 1.03. The molecule has 1 aromatic heterocycles. The minimum absolute atomic E-state index is 0.0541. The van der Waals surface area contributed by atoms with Crippen LogP contribution in [-0.2, 0) is 16.1 Å². The molecule has 0 radical (unpaired) electrons. The van der Waals surface area contributed by atoms with Crippen LogP contribution in [0.5, 0.6) is 0 Å². The highest BCUT2D eigenvalue weighted by atomic mass is 16.5. The van der Waals surface area contributed by atoms with E-state index in [0.717, 1.165) is 26.0 Å². The van der Waals surface area contributed by atoms with Crippen LogP contribution in [-0.4, -0.2) is 30.2 Å². The SMILES string of the molecule is O=C(NCCn1cccc1)[C@@H]1CCCOC1. The summed E-state index contributed by atoms with van der Waals surface area (Å²) in [4.78, 5) is 11.7. The highest BCUT2D eigenvalue weighted by Crippen LogP contribution is 2.13. The van der Waals surface area contributed by atoms with Gasteiger partial charge in [0.1, 0.15) is 0 Å². The highest BCUT2D eigenvalue weighted by Gasteiger charge is 2.20. The maximum Gasteiger partial charge on any atom is 0.225 e. The molecule has 0 aliphatic carbocycles. The highest BCUT2D eigenvalue weighted by molar-refractivity contribution is 5.78. The largest absolute Gasteiger partial charge is 0.381 e. The average Bonchev–Trinajstić information content (AvgIpc) is 2.83. The quantitative estimate of drug-likeness (QED) is 0.827. The van der Waals surface area contributed by atoms with Crippen LogP contribution in [0, 0.1) is 5.92 Å². The first kappa shape index (κ1) is 11.2. The molecular weight excluding hydrogens is 204 g/mol. The summed E-state index contributed by atoms with van der Waals surface area (Å²) < 4.78 is 7.34. The maximum atomic E-state index is 11.7. The lowest BCUT2D eigenvalue weighted by Crippen LogP contribution is -2.37. The summed E-state index contributed by atoms with van der Waals surface area (Å²) in [7, 11) is 0. The van der Waals surface area contributed by atoms with Gasteiger partial charge in [-0.25, -0.2) is 0 Å². The van der Waals surface area contributed by atoms with E-state index in [1.165, 1.54) is 0 Å². The van der Waals surface area contributed by atoms with Gasteiger partial charge < -0.3 is 14.6 Å². The smallest absolute Gasteiger partial charge is 0.225 e. The molecule has 1 aliphatic heterocycles. The van der Waals surface area contributed by atoms with Gasteiger partial charge in [-0.05, 0) is 25.0 Å². The number of amides is 1. The van der Waals surface area contributed by atoms with Crippen LogP contribution in [0.1, 0.15) is 12.8 Å². The lowest BCUT2D eigenvalue weighted by atomic mass is 10.0. The second-order valence-corrected chi connectivity index (χ2v) is 4.13. The third-order valence-corrected chi connectivity index (χ3v) is 2.87. The molecule has 0 spiro atoms. The Bertz CT molecular complexity index is 316. The van der Waals surface area contributed by atoms with Crippen molar-refractivity contribution in [3.8, 4) is 0 Å². The van der Waals surface area contributed by atoms with Crippen LogP contribution in [0.2, 0.25) is 0 Å². The van der Waals surface area contributed by atoms with Gasteiger partial charge in [0, 0.05) is 32.1 Å². The van der Waals surface area contributed by atoms with E-state index in [1.807, 2.05) is 24.5 Å². The van der Waals surface area contributed by atoms with E-state index in [1.54, 1.807) is 0 Å². The molecule has 0 aromatic carbocycles. The van der Waals surface area contributed by atoms with E-state index in [0.29, 0.717) is 13.2 Å². The molecule has 1 aromatic rings. The van der Waals surface area contributed by atoms with Gasteiger partial charge in [-0.15, -0.1) is 0 Å². The van der Waals surface area contributed by atoms with Gasteiger partial charge in [-0.3, -0.25) is 4.79 Å². The van der Waals surface area contributed by atoms with Gasteiger partial charge in [-0.1, -0.05) is 0 Å². The lowest BCUT2D eigenvalue weighted by molar-refractivity contribution is -0.128. The minimum Gasteiger partial charge on any atom is -0.381 e. The summed E-state index contributed by atoms with van der Waals surface area (Å²) in [6, 6.07) is 3.97. The van der Waals surface area contributed by atoms with Gasteiger partial charge >= 0.3 is 0 Å². The second-order valence-electron chi connectivity index (χ2n) is 4.13. The van der Waals surface area contributed by atoms with Gasteiger partial charge in [-0.2, -0.15) is 0 Å². The van der Waals surface area contributed by atoms with Crippen LogP contribution >= 0.6 is 0 Å². The first-order valence-corrected chi connectivity index (χ1v) is 5.82. The predicted molar refractivity (Wildman–Crippen MR) is 61.0 cm³/mol. The van der Waals surface area contributed by atoms with Crippen LogP contribution in [0.25, 0.3) is 0 Å². The number of nitrogens with one attached hydrogen (secondary N) is 1. The van der Waals surface area contributed by atoms with Gasteiger partial charge in [0.05, 0.1) is 12.5 Å². The Morgan fingerprint density at radius 1 is 1.44 bits per heavy atom. The zero-order valence-corrected chi connectivity index (χ0v) is 9.39. The third-order valence-electron chi connectivity index (χ3n) is 2.87. The second kappa shape index (κ2) is 5.70. The molecule has 1 fully saturated rings. The summed E-state index contributed by atoms with van der Waals surface area (Å²) in [6.07, 6.45) is 5.94. The molecule has 1 aliphatic rings. The molecule has 2 heterocycles. The van der Waals surface area contributed by atoms with Crippen LogP contribution in [0.4, 0.5) is 0 Å².